The number of rotatable bonds is 3. The number of aromatic nitrogens is 1. The average molecular weight is 203 g/mol. The van der Waals surface area contributed by atoms with Crippen molar-refractivity contribution < 1.29 is 0 Å². The molecule has 0 saturated carbocycles. The molecule has 0 saturated heterocycles. The zero-order chi connectivity index (χ0) is 11.3. The fourth-order valence-electron chi connectivity index (χ4n) is 1.16. The van der Waals surface area contributed by atoms with Gasteiger partial charge in [0, 0.05) is 6.54 Å². The van der Waals surface area contributed by atoms with Crippen LogP contribution in [0.15, 0.2) is 18.2 Å². The highest BCUT2D eigenvalue weighted by atomic mass is 15.0. The summed E-state index contributed by atoms with van der Waals surface area (Å²) in [7, 11) is 0. The molecule has 15 heavy (non-hydrogen) atoms. The highest BCUT2D eigenvalue weighted by Crippen LogP contribution is 2.18. The Labute approximate surface area is 91.1 Å². The summed E-state index contributed by atoms with van der Waals surface area (Å²) in [5.74, 6) is 0.776. The molecule has 0 fully saturated rings. The molecule has 0 bridgehead atoms. The first-order valence-electron chi connectivity index (χ1n) is 5.12. The molecule has 0 aliphatic rings. The lowest BCUT2D eigenvalue weighted by Gasteiger charge is -2.18. The molecule has 1 aromatic rings. The molecule has 0 spiro atoms. The molecule has 0 unspecified atom stereocenters. The Hall–Kier alpha value is -1.56. The molecule has 0 aromatic carbocycles. The van der Waals surface area contributed by atoms with Crippen LogP contribution >= 0.6 is 0 Å². The summed E-state index contributed by atoms with van der Waals surface area (Å²) >= 11 is 0. The zero-order valence-corrected chi connectivity index (χ0v) is 9.54. The second-order valence-corrected chi connectivity index (χ2v) is 4.76. The molecular formula is C12H17N3. The Morgan fingerprint density at radius 3 is 2.73 bits per heavy atom. The van der Waals surface area contributed by atoms with Crippen molar-refractivity contribution in [1.82, 2.24) is 4.98 Å². The minimum Gasteiger partial charge on any atom is -0.370 e. The van der Waals surface area contributed by atoms with Gasteiger partial charge in [-0.05, 0) is 24.0 Å². The number of anilines is 1. The molecule has 80 valence electrons. The molecule has 0 aliphatic heterocycles. The monoisotopic (exact) mass is 203 g/mol. The van der Waals surface area contributed by atoms with Crippen molar-refractivity contribution in [3.8, 4) is 6.07 Å². The fourth-order valence-corrected chi connectivity index (χ4v) is 1.16. The molecule has 0 aliphatic carbocycles. The van der Waals surface area contributed by atoms with Crippen molar-refractivity contribution in [2.75, 3.05) is 11.9 Å². The lowest BCUT2D eigenvalue weighted by atomic mass is 9.92. The Balaban J connectivity index is 2.48. The quantitative estimate of drug-likeness (QED) is 0.821. The molecule has 1 rings (SSSR count). The first-order valence-corrected chi connectivity index (χ1v) is 5.12. The second kappa shape index (κ2) is 4.79. The topological polar surface area (TPSA) is 48.7 Å². The predicted molar refractivity (Wildman–Crippen MR) is 61.5 cm³/mol. The van der Waals surface area contributed by atoms with Gasteiger partial charge in [0.2, 0.25) is 0 Å². The van der Waals surface area contributed by atoms with Crippen LogP contribution in [-0.4, -0.2) is 11.5 Å². The standard InChI is InChI=1S/C12H17N3/c1-12(2,3)7-8-14-11-6-4-5-10(9-13)15-11/h4-6H,7-8H2,1-3H3,(H,14,15). The van der Waals surface area contributed by atoms with Gasteiger partial charge in [-0.25, -0.2) is 4.98 Å². The number of pyridine rings is 1. The van der Waals surface area contributed by atoms with Crippen LogP contribution in [0.4, 0.5) is 5.82 Å². The van der Waals surface area contributed by atoms with E-state index in [0.29, 0.717) is 11.1 Å². The lowest BCUT2D eigenvalue weighted by Crippen LogP contribution is -2.13. The second-order valence-electron chi connectivity index (χ2n) is 4.76. The fraction of sp³-hybridized carbons (Fsp3) is 0.500. The van der Waals surface area contributed by atoms with Crippen LogP contribution in [-0.2, 0) is 0 Å². The normalized spacial score (nSPS) is 10.8. The SMILES string of the molecule is CC(C)(C)CCNc1cccc(C#N)n1. The third-order valence-electron chi connectivity index (χ3n) is 2.04. The van der Waals surface area contributed by atoms with Crippen molar-refractivity contribution in [1.29, 1.82) is 5.26 Å². The number of nitriles is 1. The molecule has 0 atom stereocenters. The molecule has 1 heterocycles. The van der Waals surface area contributed by atoms with Gasteiger partial charge < -0.3 is 5.32 Å². The van der Waals surface area contributed by atoms with E-state index in [9.17, 15) is 0 Å². The summed E-state index contributed by atoms with van der Waals surface area (Å²) in [6, 6.07) is 7.44. The molecule has 1 aromatic heterocycles. The maximum absolute atomic E-state index is 8.68. The number of nitrogens with one attached hydrogen (secondary N) is 1. The zero-order valence-electron chi connectivity index (χ0n) is 9.54. The van der Waals surface area contributed by atoms with Crippen molar-refractivity contribution in [3.05, 3.63) is 23.9 Å². The summed E-state index contributed by atoms with van der Waals surface area (Å²) < 4.78 is 0. The minimum absolute atomic E-state index is 0.319. The molecule has 1 N–H and O–H groups in total. The van der Waals surface area contributed by atoms with E-state index in [-0.39, 0.29) is 0 Å². The van der Waals surface area contributed by atoms with Crippen LogP contribution < -0.4 is 5.32 Å². The Bertz CT molecular complexity index is 358. The minimum atomic E-state index is 0.319. The molecule has 3 nitrogen and oxygen atoms in total. The number of hydrogen-bond donors (Lipinski definition) is 1. The third kappa shape index (κ3) is 4.46. The van der Waals surface area contributed by atoms with Gasteiger partial charge in [-0.2, -0.15) is 5.26 Å². The number of hydrogen-bond acceptors (Lipinski definition) is 3. The first kappa shape index (κ1) is 11.5. The van der Waals surface area contributed by atoms with Crippen LogP contribution in [0, 0.1) is 16.7 Å². The van der Waals surface area contributed by atoms with E-state index in [0.717, 1.165) is 18.8 Å². The predicted octanol–water partition coefficient (Wildman–Crippen LogP) is 2.80. The van der Waals surface area contributed by atoms with Gasteiger partial charge in [-0.1, -0.05) is 26.8 Å². The molecular weight excluding hydrogens is 186 g/mol. The van der Waals surface area contributed by atoms with Crippen LogP contribution in [0.3, 0.4) is 0 Å². The van der Waals surface area contributed by atoms with Gasteiger partial charge in [-0.3, -0.25) is 0 Å². The van der Waals surface area contributed by atoms with Gasteiger partial charge >= 0.3 is 0 Å². The summed E-state index contributed by atoms with van der Waals surface area (Å²) in [4.78, 5) is 4.14. The Kier molecular flexibility index (Phi) is 3.68. The largest absolute Gasteiger partial charge is 0.370 e. The maximum atomic E-state index is 8.68. The van der Waals surface area contributed by atoms with Crippen LogP contribution in [0.1, 0.15) is 32.9 Å². The van der Waals surface area contributed by atoms with Gasteiger partial charge in [0.25, 0.3) is 0 Å². The first-order chi connectivity index (χ1) is 7.01. The van der Waals surface area contributed by atoms with Crippen molar-refractivity contribution in [2.45, 2.75) is 27.2 Å². The van der Waals surface area contributed by atoms with E-state index < -0.39 is 0 Å². The van der Waals surface area contributed by atoms with E-state index in [1.807, 2.05) is 18.2 Å². The van der Waals surface area contributed by atoms with Crippen molar-refractivity contribution >= 4 is 5.82 Å². The number of nitrogens with zero attached hydrogens (tertiary/aromatic N) is 2. The van der Waals surface area contributed by atoms with Gasteiger partial charge in [0.05, 0.1) is 0 Å². The summed E-state index contributed by atoms with van der Waals surface area (Å²) in [5, 5.41) is 11.9. The van der Waals surface area contributed by atoms with E-state index in [1.165, 1.54) is 0 Å². The highest BCUT2D eigenvalue weighted by Gasteiger charge is 2.09. The van der Waals surface area contributed by atoms with Gasteiger partial charge in [0.1, 0.15) is 17.6 Å². The van der Waals surface area contributed by atoms with Gasteiger partial charge in [-0.15, -0.1) is 0 Å². The molecule has 0 amide bonds. The highest BCUT2D eigenvalue weighted by molar-refractivity contribution is 5.38. The Morgan fingerprint density at radius 2 is 2.13 bits per heavy atom. The van der Waals surface area contributed by atoms with Gasteiger partial charge in [0.15, 0.2) is 0 Å². The summed E-state index contributed by atoms with van der Waals surface area (Å²) in [5.41, 5.74) is 0.774. The van der Waals surface area contributed by atoms with Crippen molar-refractivity contribution in [2.24, 2.45) is 5.41 Å². The Morgan fingerprint density at radius 1 is 1.40 bits per heavy atom. The molecule has 3 heteroatoms. The molecule has 0 radical (unpaired) electrons. The average Bonchev–Trinajstić information content (AvgIpc) is 2.16. The summed E-state index contributed by atoms with van der Waals surface area (Å²) in [6.07, 6.45) is 1.07. The lowest BCUT2D eigenvalue weighted by molar-refractivity contribution is 0.389. The van der Waals surface area contributed by atoms with E-state index in [1.54, 1.807) is 6.07 Å². The van der Waals surface area contributed by atoms with E-state index >= 15 is 0 Å². The van der Waals surface area contributed by atoms with Crippen LogP contribution in [0.2, 0.25) is 0 Å². The maximum Gasteiger partial charge on any atom is 0.142 e. The van der Waals surface area contributed by atoms with E-state index in [4.69, 9.17) is 5.26 Å². The van der Waals surface area contributed by atoms with Crippen molar-refractivity contribution in [3.63, 3.8) is 0 Å². The third-order valence-corrected chi connectivity index (χ3v) is 2.04. The van der Waals surface area contributed by atoms with Crippen LogP contribution in [0.5, 0.6) is 0 Å². The summed E-state index contributed by atoms with van der Waals surface area (Å²) in [6.45, 7) is 7.49. The smallest absolute Gasteiger partial charge is 0.142 e. The van der Waals surface area contributed by atoms with E-state index in [2.05, 4.69) is 31.1 Å². The van der Waals surface area contributed by atoms with Crippen LogP contribution in [0.25, 0.3) is 0 Å².